The third-order valence-electron chi connectivity index (χ3n) is 2.41. The average Bonchev–Trinajstić information content (AvgIpc) is 2.65. The molecule has 1 atom stereocenters. The van der Waals surface area contributed by atoms with E-state index in [0.29, 0.717) is 6.29 Å². The van der Waals surface area contributed by atoms with Crippen molar-refractivity contribution in [3.05, 3.63) is 0 Å². The van der Waals surface area contributed by atoms with Crippen LogP contribution in [0.2, 0.25) is 0 Å². The van der Waals surface area contributed by atoms with E-state index in [1.165, 1.54) is 0 Å². The van der Waals surface area contributed by atoms with Crippen molar-refractivity contribution in [1.29, 1.82) is 0 Å². The molecule has 0 aliphatic carbocycles. The number of aldehydes is 1. The Labute approximate surface area is 180 Å². The van der Waals surface area contributed by atoms with E-state index < -0.39 is 60.5 Å². The van der Waals surface area contributed by atoms with Crippen molar-refractivity contribution in [3.63, 3.8) is 0 Å². The molecule has 0 aromatic rings. The summed E-state index contributed by atoms with van der Waals surface area (Å²) in [5, 5.41) is 47.7. The van der Waals surface area contributed by atoms with Gasteiger partial charge in [-0.25, -0.2) is 4.79 Å². The number of hydrogen-bond acceptors (Lipinski definition) is 10. The molecule has 0 radical (unpaired) electrons. The lowest BCUT2D eigenvalue weighted by Crippen LogP contribution is -2.30. The Balaban J connectivity index is -0.000000168. The third-order valence-corrected chi connectivity index (χ3v) is 2.41. The van der Waals surface area contributed by atoms with Gasteiger partial charge in [-0.3, -0.25) is 28.8 Å². The zero-order valence-corrected chi connectivity index (χ0v) is 16.7. The van der Waals surface area contributed by atoms with Gasteiger partial charge < -0.3 is 46.9 Å². The van der Waals surface area contributed by atoms with E-state index >= 15 is 0 Å². The van der Waals surface area contributed by atoms with Gasteiger partial charge in [0.05, 0.1) is 12.8 Å². The molecule has 1 unspecified atom stereocenters. The Morgan fingerprint density at radius 3 is 1.31 bits per heavy atom. The molecule has 0 rings (SSSR count). The molecule has 10 N–H and O–H groups in total. The van der Waals surface area contributed by atoms with Crippen LogP contribution in [0.25, 0.3) is 0 Å². The fourth-order valence-corrected chi connectivity index (χ4v) is 0.925. The summed E-state index contributed by atoms with van der Waals surface area (Å²) < 4.78 is 0. The smallest absolute Gasteiger partial charge is 0.372 e. The first-order chi connectivity index (χ1) is 14.6. The molecule has 0 aromatic carbocycles. The van der Waals surface area contributed by atoms with Crippen LogP contribution in [0.5, 0.6) is 0 Å². The molecule has 0 fully saturated rings. The number of carboxylic acid groups (broad SMARTS) is 6. The molecule has 184 valence electrons. The highest BCUT2D eigenvalue weighted by molar-refractivity contribution is 6.32. The highest BCUT2D eigenvalue weighted by atomic mass is 16.4. The normalized spacial score (nSPS) is 9.56. The Kier molecular flexibility index (Phi) is 25.9. The summed E-state index contributed by atoms with van der Waals surface area (Å²) in [6, 6.07) is -1.06. The minimum absolute atomic E-state index is 0.0231. The molecule has 0 aromatic heterocycles. The maximum Gasteiger partial charge on any atom is 0.372 e. The van der Waals surface area contributed by atoms with Crippen molar-refractivity contribution in [2.75, 3.05) is 6.54 Å². The number of aliphatic carboxylic acids is 6. The second-order valence-corrected chi connectivity index (χ2v) is 5.20. The van der Waals surface area contributed by atoms with Crippen LogP contribution in [-0.2, 0) is 38.4 Å². The lowest BCUT2D eigenvalue weighted by Gasteiger charge is -2.01. The number of nitrogens with two attached hydrogens (primary N) is 2. The SMILES string of the molecule is NC(CCC(=O)O)C(=O)O.NCCC(=O)O.O=C(O)CCC(=O)C(=O)O.O=CCC(=O)O. The predicted octanol–water partition coefficient (Wildman–Crippen LogP) is -2.15. The van der Waals surface area contributed by atoms with E-state index in [-0.39, 0.29) is 32.2 Å². The first kappa shape index (κ1) is 35.5. The lowest BCUT2D eigenvalue weighted by molar-refractivity contribution is -0.150. The molecule has 0 amide bonds. The number of ketones is 1. The highest BCUT2D eigenvalue weighted by Crippen LogP contribution is 1.93. The van der Waals surface area contributed by atoms with Crippen molar-refractivity contribution in [2.45, 2.75) is 44.6 Å². The quantitative estimate of drug-likeness (QED) is 0.0855. The van der Waals surface area contributed by atoms with Crippen LogP contribution in [0.3, 0.4) is 0 Å². The second-order valence-electron chi connectivity index (χ2n) is 5.20. The van der Waals surface area contributed by atoms with Gasteiger partial charge in [-0.2, -0.15) is 0 Å². The molecule has 0 saturated carbocycles. The maximum absolute atomic E-state index is 10.2. The summed E-state index contributed by atoms with van der Waals surface area (Å²) in [6.07, 6.45) is -1.06. The molecule has 16 nitrogen and oxygen atoms in total. The number of carbonyl (C=O) groups excluding carboxylic acids is 2. The maximum atomic E-state index is 10.2. The molecule has 0 bridgehead atoms. The summed E-state index contributed by atoms with van der Waals surface area (Å²) in [5.41, 5.74) is 9.85. The summed E-state index contributed by atoms with van der Waals surface area (Å²) in [4.78, 5) is 77.7. The number of carbonyl (C=O) groups is 8. The van der Waals surface area contributed by atoms with E-state index in [2.05, 4.69) is 0 Å². The Bertz CT molecular complexity index is 647. The number of hydrogen-bond donors (Lipinski definition) is 8. The van der Waals surface area contributed by atoms with Gasteiger partial charge in [-0.1, -0.05) is 0 Å². The molecule has 32 heavy (non-hydrogen) atoms. The fraction of sp³-hybridized carbons (Fsp3) is 0.500. The van der Waals surface area contributed by atoms with Gasteiger partial charge in [-0.15, -0.1) is 0 Å². The van der Waals surface area contributed by atoms with Crippen molar-refractivity contribution >= 4 is 47.9 Å². The van der Waals surface area contributed by atoms with Gasteiger partial charge in [0.1, 0.15) is 18.7 Å². The molecule has 0 saturated heterocycles. The standard InChI is InChI=1S/C5H9NO4.C5H6O5.C3H7NO2.C3H4O3/c2*6-3(5(9)10)1-2-4(7)8;2*4-2-1-3(5)6/h3H,1-2,6H2,(H,7,8)(H,9,10);1-2H2,(H,7,8)(H,9,10);1-2,4H2,(H,5,6);2H,1H2,(H,5,6). The van der Waals surface area contributed by atoms with Gasteiger partial charge in [-0.05, 0) is 6.42 Å². The van der Waals surface area contributed by atoms with Crippen LogP contribution < -0.4 is 11.5 Å². The molecule has 0 spiro atoms. The van der Waals surface area contributed by atoms with E-state index in [0.717, 1.165) is 0 Å². The molecular formula is C16H26N2O14. The highest BCUT2D eigenvalue weighted by Gasteiger charge is 2.12. The average molecular weight is 470 g/mol. The lowest BCUT2D eigenvalue weighted by atomic mass is 10.2. The largest absolute Gasteiger partial charge is 0.481 e. The zero-order chi connectivity index (χ0) is 26.3. The molecule has 0 aliphatic heterocycles. The number of carboxylic acids is 6. The van der Waals surface area contributed by atoms with Gasteiger partial charge in [0.25, 0.3) is 0 Å². The van der Waals surface area contributed by atoms with E-state index in [9.17, 15) is 38.4 Å². The molecule has 16 heteroatoms. The third kappa shape index (κ3) is 40.7. The van der Waals surface area contributed by atoms with Gasteiger partial charge in [0.15, 0.2) is 0 Å². The Morgan fingerprint density at radius 1 is 0.688 bits per heavy atom. The van der Waals surface area contributed by atoms with Crippen molar-refractivity contribution < 1.29 is 69.0 Å². The summed E-state index contributed by atoms with van der Waals surface area (Å²) in [7, 11) is 0. The predicted molar refractivity (Wildman–Crippen MR) is 102 cm³/mol. The monoisotopic (exact) mass is 470 g/mol. The summed E-state index contributed by atoms with van der Waals surface area (Å²) in [6.45, 7) is 0.231. The minimum atomic E-state index is -1.58. The van der Waals surface area contributed by atoms with Crippen LogP contribution in [0.1, 0.15) is 38.5 Å². The second kappa shape index (κ2) is 23.4. The van der Waals surface area contributed by atoms with E-state index in [4.69, 9.17) is 42.1 Å². The van der Waals surface area contributed by atoms with E-state index in [1.807, 2.05) is 0 Å². The summed E-state index contributed by atoms with van der Waals surface area (Å²) >= 11 is 0. The van der Waals surface area contributed by atoms with Crippen LogP contribution in [0, 0.1) is 0 Å². The van der Waals surface area contributed by atoms with Crippen molar-refractivity contribution in [3.8, 4) is 0 Å². The molecule has 0 heterocycles. The van der Waals surface area contributed by atoms with Crippen LogP contribution in [0.4, 0.5) is 0 Å². The zero-order valence-electron chi connectivity index (χ0n) is 16.7. The minimum Gasteiger partial charge on any atom is -0.481 e. The first-order valence-electron chi connectivity index (χ1n) is 8.37. The van der Waals surface area contributed by atoms with Gasteiger partial charge >= 0.3 is 35.8 Å². The first-order valence-corrected chi connectivity index (χ1v) is 8.37. The summed E-state index contributed by atoms with van der Waals surface area (Å²) in [5.74, 6) is -7.93. The van der Waals surface area contributed by atoms with Gasteiger partial charge in [0, 0.05) is 19.4 Å². The van der Waals surface area contributed by atoms with E-state index in [1.54, 1.807) is 0 Å². The van der Waals surface area contributed by atoms with Crippen molar-refractivity contribution in [2.24, 2.45) is 11.5 Å². The molecular weight excluding hydrogens is 444 g/mol. The van der Waals surface area contributed by atoms with Crippen LogP contribution in [-0.4, -0.2) is 91.1 Å². The van der Waals surface area contributed by atoms with Crippen LogP contribution in [0.15, 0.2) is 0 Å². The number of Topliss-reactive ketones (excluding diaryl/α,β-unsaturated/α-hetero) is 1. The van der Waals surface area contributed by atoms with Gasteiger partial charge in [0.2, 0.25) is 5.78 Å². The number of rotatable bonds is 12. The Hall–Kier alpha value is -3.92. The topological polar surface area (TPSA) is 310 Å². The molecule has 0 aliphatic rings. The fourth-order valence-electron chi connectivity index (χ4n) is 0.925. The van der Waals surface area contributed by atoms with Crippen LogP contribution >= 0.6 is 0 Å². The Morgan fingerprint density at radius 2 is 1.12 bits per heavy atom. The van der Waals surface area contributed by atoms with Crippen molar-refractivity contribution in [1.82, 2.24) is 0 Å².